The number of rotatable bonds is 5. The second-order valence-electron chi connectivity index (χ2n) is 4.79. The van der Waals surface area contributed by atoms with Crippen molar-refractivity contribution in [2.24, 2.45) is 11.7 Å². The van der Waals surface area contributed by atoms with Gasteiger partial charge in [-0.3, -0.25) is 4.79 Å². The summed E-state index contributed by atoms with van der Waals surface area (Å²) in [5.41, 5.74) is 5.54. The first-order valence-electron chi connectivity index (χ1n) is 6.27. The highest BCUT2D eigenvalue weighted by Crippen LogP contribution is 2.14. The van der Waals surface area contributed by atoms with Gasteiger partial charge in [-0.1, -0.05) is 13.8 Å². The molecule has 1 saturated heterocycles. The highest BCUT2D eigenvalue weighted by Gasteiger charge is 2.24. The van der Waals surface area contributed by atoms with Crippen LogP contribution in [-0.4, -0.2) is 31.2 Å². The molecule has 1 aliphatic heterocycles. The fourth-order valence-corrected chi connectivity index (χ4v) is 1.97. The van der Waals surface area contributed by atoms with Crippen molar-refractivity contribution in [3.8, 4) is 0 Å². The lowest BCUT2D eigenvalue weighted by Gasteiger charge is -2.27. The van der Waals surface area contributed by atoms with E-state index in [1.54, 1.807) is 0 Å². The van der Waals surface area contributed by atoms with Gasteiger partial charge in [0.2, 0.25) is 5.91 Å². The monoisotopic (exact) mass is 228 g/mol. The molecule has 1 heterocycles. The van der Waals surface area contributed by atoms with Crippen molar-refractivity contribution >= 4 is 5.91 Å². The number of amides is 1. The summed E-state index contributed by atoms with van der Waals surface area (Å²) in [7, 11) is 0. The number of carbonyl (C=O) groups excluding carboxylic acids is 1. The predicted octanol–water partition coefficient (Wildman–Crippen LogP) is 1.05. The Morgan fingerprint density at radius 2 is 2.25 bits per heavy atom. The molecular formula is C12H24N2O2. The largest absolute Gasteiger partial charge is 0.368 e. The third-order valence-electron chi connectivity index (χ3n) is 3.08. The Hall–Kier alpha value is -0.610. The van der Waals surface area contributed by atoms with Crippen molar-refractivity contribution in [3.05, 3.63) is 0 Å². The van der Waals surface area contributed by atoms with Gasteiger partial charge in [0.05, 0.1) is 0 Å². The third kappa shape index (κ3) is 4.10. The van der Waals surface area contributed by atoms with Gasteiger partial charge in [-0.05, 0) is 38.1 Å². The summed E-state index contributed by atoms with van der Waals surface area (Å²) in [5, 5.41) is 3.04. The summed E-state index contributed by atoms with van der Waals surface area (Å²) in [6, 6.07) is 0.169. The molecule has 3 N–H and O–H groups in total. The third-order valence-corrected chi connectivity index (χ3v) is 3.08. The van der Waals surface area contributed by atoms with Crippen molar-refractivity contribution in [2.75, 3.05) is 13.2 Å². The molecule has 4 nitrogen and oxygen atoms in total. The first-order chi connectivity index (χ1) is 7.65. The Kier molecular flexibility index (Phi) is 5.77. The van der Waals surface area contributed by atoms with Crippen molar-refractivity contribution in [1.82, 2.24) is 5.32 Å². The fraction of sp³-hybridized carbons (Fsp3) is 0.917. The first-order valence-corrected chi connectivity index (χ1v) is 6.27. The highest BCUT2D eigenvalue weighted by molar-refractivity contribution is 5.81. The molecule has 0 bridgehead atoms. The van der Waals surface area contributed by atoms with E-state index in [1.165, 1.54) is 0 Å². The molecule has 94 valence electrons. The molecule has 1 amide bonds. The van der Waals surface area contributed by atoms with Crippen LogP contribution >= 0.6 is 0 Å². The van der Waals surface area contributed by atoms with Crippen LogP contribution in [0.25, 0.3) is 0 Å². The molecule has 0 spiro atoms. The summed E-state index contributed by atoms with van der Waals surface area (Å²) in [6.45, 7) is 5.51. The zero-order chi connectivity index (χ0) is 12.0. The molecule has 0 saturated carbocycles. The molecule has 0 aromatic rings. The van der Waals surface area contributed by atoms with Gasteiger partial charge >= 0.3 is 0 Å². The van der Waals surface area contributed by atoms with Gasteiger partial charge in [-0.2, -0.15) is 0 Å². The Morgan fingerprint density at radius 1 is 1.50 bits per heavy atom. The van der Waals surface area contributed by atoms with E-state index in [9.17, 15) is 4.79 Å². The molecule has 0 aromatic heterocycles. The van der Waals surface area contributed by atoms with Gasteiger partial charge in [-0.25, -0.2) is 0 Å². The van der Waals surface area contributed by atoms with Gasteiger partial charge in [0.15, 0.2) is 0 Å². The Labute approximate surface area is 97.9 Å². The van der Waals surface area contributed by atoms with Crippen LogP contribution in [0, 0.1) is 5.92 Å². The van der Waals surface area contributed by atoms with Crippen LogP contribution in [0.3, 0.4) is 0 Å². The minimum Gasteiger partial charge on any atom is -0.368 e. The molecule has 2 unspecified atom stereocenters. The zero-order valence-electron chi connectivity index (χ0n) is 10.4. The fourth-order valence-electron chi connectivity index (χ4n) is 1.97. The van der Waals surface area contributed by atoms with Crippen LogP contribution in [0.1, 0.15) is 39.5 Å². The average Bonchev–Trinajstić information content (AvgIpc) is 2.29. The zero-order valence-corrected chi connectivity index (χ0v) is 10.4. The molecule has 0 aromatic carbocycles. The van der Waals surface area contributed by atoms with Crippen LogP contribution in [0.5, 0.6) is 0 Å². The van der Waals surface area contributed by atoms with E-state index in [0.717, 1.165) is 25.7 Å². The highest BCUT2D eigenvalue weighted by atomic mass is 16.5. The molecule has 1 aliphatic rings. The standard InChI is InChI=1S/C12H24N2O2/c1-9(2)10(6-7-13)14-12(15)11-5-3-4-8-16-11/h9-11H,3-8,13H2,1-2H3,(H,14,15). The summed E-state index contributed by atoms with van der Waals surface area (Å²) in [4.78, 5) is 11.9. The average molecular weight is 228 g/mol. The molecule has 1 rings (SSSR count). The molecule has 2 atom stereocenters. The second kappa shape index (κ2) is 6.86. The van der Waals surface area contributed by atoms with Crippen molar-refractivity contribution < 1.29 is 9.53 Å². The van der Waals surface area contributed by atoms with Crippen LogP contribution in [0.2, 0.25) is 0 Å². The van der Waals surface area contributed by atoms with E-state index < -0.39 is 0 Å². The van der Waals surface area contributed by atoms with E-state index >= 15 is 0 Å². The molecule has 4 heteroatoms. The predicted molar refractivity (Wildman–Crippen MR) is 64.0 cm³/mol. The van der Waals surface area contributed by atoms with Gasteiger partial charge in [0, 0.05) is 12.6 Å². The number of hydrogen-bond acceptors (Lipinski definition) is 3. The smallest absolute Gasteiger partial charge is 0.249 e. The van der Waals surface area contributed by atoms with Crippen molar-refractivity contribution in [3.63, 3.8) is 0 Å². The van der Waals surface area contributed by atoms with E-state index in [1.807, 2.05) is 0 Å². The topological polar surface area (TPSA) is 64.3 Å². The summed E-state index contributed by atoms with van der Waals surface area (Å²) < 4.78 is 5.46. The Morgan fingerprint density at radius 3 is 2.75 bits per heavy atom. The lowest BCUT2D eigenvalue weighted by Crippen LogP contribution is -2.46. The molecule has 0 radical (unpaired) electrons. The van der Waals surface area contributed by atoms with Gasteiger partial charge in [0.1, 0.15) is 6.10 Å². The number of nitrogens with one attached hydrogen (secondary N) is 1. The van der Waals surface area contributed by atoms with Crippen LogP contribution in [0.15, 0.2) is 0 Å². The number of ether oxygens (including phenoxy) is 1. The Bertz CT molecular complexity index is 213. The van der Waals surface area contributed by atoms with E-state index in [0.29, 0.717) is 19.1 Å². The number of hydrogen-bond donors (Lipinski definition) is 2. The minimum absolute atomic E-state index is 0.0341. The van der Waals surface area contributed by atoms with Gasteiger partial charge in [0.25, 0.3) is 0 Å². The maximum Gasteiger partial charge on any atom is 0.249 e. The summed E-state index contributed by atoms with van der Waals surface area (Å²) in [6.07, 6.45) is 3.59. The van der Waals surface area contributed by atoms with E-state index in [-0.39, 0.29) is 18.1 Å². The second-order valence-corrected chi connectivity index (χ2v) is 4.79. The minimum atomic E-state index is -0.243. The lowest BCUT2D eigenvalue weighted by molar-refractivity contribution is -0.136. The SMILES string of the molecule is CC(C)C(CCN)NC(=O)C1CCCCO1. The van der Waals surface area contributed by atoms with E-state index in [4.69, 9.17) is 10.5 Å². The molecule has 0 aliphatic carbocycles. The molecule has 1 fully saturated rings. The number of nitrogens with two attached hydrogens (primary N) is 1. The van der Waals surface area contributed by atoms with Crippen molar-refractivity contribution in [1.29, 1.82) is 0 Å². The summed E-state index contributed by atoms with van der Waals surface area (Å²) in [5.74, 6) is 0.447. The molecule has 16 heavy (non-hydrogen) atoms. The lowest BCUT2D eigenvalue weighted by atomic mass is 10.00. The van der Waals surface area contributed by atoms with Crippen LogP contribution in [-0.2, 0) is 9.53 Å². The first kappa shape index (κ1) is 13.5. The Balaban J connectivity index is 2.40. The van der Waals surface area contributed by atoms with Crippen molar-refractivity contribution in [2.45, 2.75) is 51.7 Å². The quantitative estimate of drug-likeness (QED) is 0.739. The van der Waals surface area contributed by atoms with Gasteiger partial charge < -0.3 is 15.8 Å². The normalized spacial score (nSPS) is 23.1. The maximum absolute atomic E-state index is 11.9. The maximum atomic E-state index is 11.9. The molecular weight excluding hydrogens is 204 g/mol. The van der Waals surface area contributed by atoms with Crippen LogP contribution < -0.4 is 11.1 Å². The summed E-state index contributed by atoms with van der Waals surface area (Å²) >= 11 is 0. The number of carbonyl (C=O) groups is 1. The van der Waals surface area contributed by atoms with Crippen LogP contribution in [0.4, 0.5) is 0 Å². The van der Waals surface area contributed by atoms with Gasteiger partial charge in [-0.15, -0.1) is 0 Å². The van der Waals surface area contributed by atoms with E-state index in [2.05, 4.69) is 19.2 Å².